The summed E-state index contributed by atoms with van der Waals surface area (Å²) in [7, 11) is 0. The number of amides is 1. The predicted octanol–water partition coefficient (Wildman–Crippen LogP) is 4.85. The molecule has 2 N–H and O–H groups in total. The molecule has 28 heavy (non-hydrogen) atoms. The molecule has 144 valence electrons. The number of para-hydroxylation sites is 3. The Bertz CT molecular complexity index is 966. The number of ether oxygens (including phenoxy) is 1. The van der Waals surface area contributed by atoms with Gasteiger partial charge < -0.3 is 15.4 Å². The molecular formula is C22H24N4O2. The Hall–Kier alpha value is -3.41. The molecule has 0 saturated heterocycles. The van der Waals surface area contributed by atoms with E-state index in [9.17, 15) is 4.79 Å². The fraction of sp³-hybridized carbons (Fsp3) is 0.227. The summed E-state index contributed by atoms with van der Waals surface area (Å²) < 4.78 is 5.97. The Morgan fingerprint density at radius 2 is 1.64 bits per heavy atom. The van der Waals surface area contributed by atoms with Crippen LogP contribution in [0.5, 0.6) is 11.5 Å². The van der Waals surface area contributed by atoms with Crippen LogP contribution in [0.4, 0.5) is 11.5 Å². The lowest BCUT2D eigenvalue weighted by molar-refractivity contribution is 0.0914. The molecule has 0 aliphatic rings. The van der Waals surface area contributed by atoms with Crippen molar-refractivity contribution in [2.75, 3.05) is 5.32 Å². The van der Waals surface area contributed by atoms with Crippen molar-refractivity contribution in [3.05, 3.63) is 72.2 Å². The van der Waals surface area contributed by atoms with Gasteiger partial charge in [0.2, 0.25) is 0 Å². The van der Waals surface area contributed by atoms with E-state index < -0.39 is 0 Å². The third kappa shape index (κ3) is 5.30. The van der Waals surface area contributed by atoms with Gasteiger partial charge in [0.1, 0.15) is 23.1 Å². The molecule has 0 bridgehead atoms. The summed E-state index contributed by atoms with van der Waals surface area (Å²) in [6, 6.07) is 18.7. The number of hydrogen-bond donors (Lipinski definition) is 2. The van der Waals surface area contributed by atoms with E-state index >= 15 is 0 Å². The molecular weight excluding hydrogens is 352 g/mol. The van der Waals surface area contributed by atoms with Crippen LogP contribution >= 0.6 is 0 Å². The van der Waals surface area contributed by atoms with Crippen LogP contribution in [0, 0.1) is 6.92 Å². The van der Waals surface area contributed by atoms with Gasteiger partial charge in [0.25, 0.3) is 5.91 Å². The average molecular weight is 376 g/mol. The van der Waals surface area contributed by atoms with E-state index in [4.69, 9.17) is 4.74 Å². The number of aromatic nitrogens is 2. The third-order valence-corrected chi connectivity index (χ3v) is 3.68. The summed E-state index contributed by atoms with van der Waals surface area (Å²) in [6.07, 6.45) is 0. The molecule has 0 aliphatic heterocycles. The third-order valence-electron chi connectivity index (χ3n) is 3.68. The second kappa shape index (κ2) is 8.08. The molecule has 2 aromatic carbocycles. The van der Waals surface area contributed by atoms with E-state index in [1.165, 1.54) is 0 Å². The summed E-state index contributed by atoms with van der Waals surface area (Å²) in [5, 5.41) is 6.15. The first-order valence-electron chi connectivity index (χ1n) is 9.07. The van der Waals surface area contributed by atoms with E-state index in [1.807, 2.05) is 75.4 Å². The molecule has 0 atom stereocenters. The minimum atomic E-state index is -0.348. The fourth-order valence-corrected chi connectivity index (χ4v) is 2.57. The first kappa shape index (κ1) is 19.4. The van der Waals surface area contributed by atoms with Gasteiger partial charge in [-0.25, -0.2) is 9.97 Å². The van der Waals surface area contributed by atoms with Crippen LogP contribution in [0.1, 0.15) is 37.1 Å². The van der Waals surface area contributed by atoms with E-state index in [-0.39, 0.29) is 11.4 Å². The van der Waals surface area contributed by atoms with Gasteiger partial charge in [-0.2, -0.15) is 0 Å². The molecule has 1 amide bonds. The molecule has 0 fully saturated rings. The largest absolute Gasteiger partial charge is 0.455 e. The van der Waals surface area contributed by atoms with Crippen LogP contribution in [-0.2, 0) is 0 Å². The zero-order valence-corrected chi connectivity index (χ0v) is 16.5. The molecule has 6 heteroatoms. The minimum Gasteiger partial charge on any atom is -0.455 e. The number of nitrogens with zero attached hydrogens (tertiary/aromatic N) is 2. The van der Waals surface area contributed by atoms with Gasteiger partial charge in [-0.3, -0.25) is 4.79 Å². The van der Waals surface area contributed by atoms with Crippen molar-refractivity contribution in [2.45, 2.75) is 33.2 Å². The average Bonchev–Trinajstić information content (AvgIpc) is 2.62. The lowest BCUT2D eigenvalue weighted by Crippen LogP contribution is -2.41. The van der Waals surface area contributed by atoms with Crippen LogP contribution in [0.15, 0.2) is 60.7 Å². The summed E-state index contributed by atoms with van der Waals surface area (Å²) >= 11 is 0. The lowest BCUT2D eigenvalue weighted by atomic mass is 10.1. The van der Waals surface area contributed by atoms with Gasteiger partial charge in [0.05, 0.1) is 5.69 Å². The summed E-state index contributed by atoms with van der Waals surface area (Å²) in [5.74, 6) is 2.18. The van der Waals surface area contributed by atoms with Gasteiger partial charge in [0, 0.05) is 11.6 Å². The number of aryl methyl sites for hydroxylation is 1. The van der Waals surface area contributed by atoms with Crippen molar-refractivity contribution < 1.29 is 9.53 Å². The molecule has 1 heterocycles. The van der Waals surface area contributed by atoms with Crippen molar-refractivity contribution in [3.8, 4) is 11.5 Å². The highest BCUT2D eigenvalue weighted by Crippen LogP contribution is 2.31. The highest BCUT2D eigenvalue weighted by molar-refractivity contribution is 5.93. The Labute approximate surface area is 165 Å². The number of carbonyl (C=O) groups is 1. The second-order valence-corrected chi connectivity index (χ2v) is 7.43. The smallest absolute Gasteiger partial charge is 0.270 e. The monoisotopic (exact) mass is 376 g/mol. The normalized spacial score (nSPS) is 11.0. The van der Waals surface area contributed by atoms with Crippen molar-refractivity contribution in [1.29, 1.82) is 0 Å². The second-order valence-electron chi connectivity index (χ2n) is 7.43. The maximum Gasteiger partial charge on any atom is 0.270 e. The molecule has 0 spiro atoms. The van der Waals surface area contributed by atoms with Crippen LogP contribution in [0.2, 0.25) is 0 Å². The molecule has 3 aromatic rings. The number of anilines is 2. The minimum absolute atomic E-state index is 0.241. The predicted molar refractivity (Wildman–Crippen MR) is 110 cm³/mol. The summed E-state index contributed by atoms with van der Waals surface area (Å²) in [4.78, 5) is 21.1. The molecule has 6 nitrogen and oxygen atoms in total. The number of hydrogen-bond acceptors (Lipinski definition) is 5. The maximum atomic E-state index is 12.5. The number of carbonyl (C=O) groups excluding carboxylic acids is 1. The maximum absolute atomic E-state index is 12.5. The van der Waals surface area contributed by atoms with Crippen molar-refractivity contribution >= 4 is 17.4 Å². The standard InChI is InChI=1S/C22H24N4O2/c1-15-23-18(21(27)26-22(2,3)4)14-20(24-15)25-17-12-8-9-13-19(17)28-16-10-6-5-7-11-16/h5-14H,1-4H3,(H,26,27)(H,23,24,25). The topological polar surface area (TPSA) is 76.1 Å². The van der Waals surface area contributed by atoms with Gasteiger partial charge in [-0.05, 0) is 52.0 Å². The highest BCUT2D eigenvalue weighted by atomic mass is 16.5. The van der Waals surface area contributed by atoms with Crippen molar-refractivity contribution in [1.82, 2.24) is 15.3 Å². The number of rotatable bonds is 5. The Morgan fingerprint density at radius 1 is 0.964 bits per heavy atom. The summed E-state index contributed by atoms with van der Waals surface area (Å²) in [5.41, 5.74) is 0.706. The van der Waals surface area contributed by atoms with Crippen molar-refractivity contribution in [3.63, 3.8) is 0 Å². The van der Waals surface area contributed by atoms with E-state index in [0.717, 1.165) is 11.4 Å². The molecule has 3 rings (SSSR count). The molecule has 0 saturated carbocycles. The Kier molecular flexibility index (Phi) is 5.59. The molecule has 0 radical (unpaired) electrons. The van der Waals surface area contributed by atoms with Crippen LogP contribution in [0.25, 0.3) is 0 Å². The first-order valence-corrected chi connectivity index (χ1v) is 9.07. The summed E-state index contributed by atoms with van der Waals surface area (Å²) in [6.45, 7) is 7.53. The number of benzene rings is 2. The van der Waals surface area contributed by atoms with E-state index in [0.29, 0.717) is 23.1 Å². The Morgan fingerprint density at radius 3 is 2.36 bits per heavy atom. The van der Waals surface area contributed by atoms with Crippen molar-refractivity contribution in [2.24, 2.45) is 0 Å². The highest BCUT2D eigenvalue weighted by Gasteiger charge is 2.18. The van der Waals surface area contributed by atoms with Crippen LogP contribution in [0.3, 0.4) is 0 Å². The van der Waals surface area contributed by atoms with Gasteiger partial charge in [-0.15, -0.1) is 0 Å². The van der Waals surface area contributed by atoms with Crippen LogP contribution < -0.4 is 15.4 Å². The van der Waals surface area contributed by atoms with Gasteiger partial charge in [0.15, 0.2) is 5.75 Å². The van der Waals surface area contributed by atoms with E-state index in [1.54, 1.807) is 13.0 Å². The number of nitrogens with one attached hydrogen (secondary N) is 2. The lowest BCUT2D eigenvalue weighted by Gasteiger charge is -2.20. The van der Waals surface area contributed by atoms with E-state index in [2.05, 4.69) is 20.6 Å². The Balaban J connectivity index is 1.85. The molecule has 0 unspecified atom stereocenters. The fourth-order valence-electron chi connectivity index (χ4n) is 2.57. The zero-order chi connectivity index (χ0) is 20.1. The van der Waals surface area contributed by atoms with Gasteiger partial charge >= 0.3 is 0 Å². The molecule has 0 aliphatic carbocycles. The molecule has 1 aromatic heterocycles. The quantitative estimate of drug-likeness (QED) is 0.666. The van der Waals surface area contributed by atoms with Crippen LogP contribution in [-0.4, -0.2) is 21.4 Å². The first-order chi connectivity index (χ1) is 13.3. The van der Waals surface area contributed by atoms with Gasteiger partial charge in [-0.1, -0.05) is 30.3 Å². The SMILES string of the molecule is Cc1nc(Nc2ccccc2Oc2ccccc2)cc(C(=O)NC(C)(C)C)n1. The zero-order valence-electron chi connectivity index (χ0n) is 16.5.